The maximum absolute atomic E-state index is 11.3. The van der Waals surface area contributed by atoms with Gasteiger partial charge in [0, 0.05) is 12.6 Å². The van der Waals surface area contributed by atoms with Crippen LogP contribution >= 0.6 is 0 Å². The molecule has 0 bridgehead atoms. The molecule has 0 unspecified atom stereocenters. The fourth-order valence-electron chi connectivity index (χ4n) is 2.87. The average Bonchev–Trinajstić information content (AvgIpc) is 2.53. The van der Waals surface area contributed by atoms with Crippen molar-refractivity contribution >= 4 is 21.4 Å². The number of primary sulfonamides is 1. The van der Waals surface area contributed by atoms with E-state index in [-0.39, 0.29) is 21.7 Å². The van der Waals surface area contributed by atoms with Gasteiger partial charge in [-0.3, -0.25) is 10.1 Å². The van der Waals surface area contributed by atoms with Gasteiger partial charge in [-0.15, -0.1) is 0 Å². The first kappa shape index (κ1) is 18.2. The lowest BCUT2D eigenvalue weighted by molar-refractivity contribution is -0.384. The van der Waals surface area contributed by atoms with Crippen LogP contribution in [0.15, 0.2) is 23.1 Å². The lowest BCUT2D eigenvalue weighted by Gasteiger charge is -2.32. The van der Waals surface area contributed by atoms with E-state index < -0.39 is 14.9 Å². The van der Waals surface area contributed by atoms with Crippen molar-refractivity contribution in [1.29, 1.82) is 5.26 Å². The van der Waals surface area contributed by atoms with E-state index in [2.05, 4.69) is 11.4 Å². The zero-order valence-corrected chi connectivity index (χ0v) is 14.2. The molecule has 0 aliphatic heterocycles. The van der Waals surface area contributed by atoms with Crippen LogP contribution in [0.25, 0.3) is 0 Å². The van der Waals surface area contributed by atoms with Crippen LogP contribution in [0.3, 0.4) is 0 Å². The minimum absolute atomic E-state index is 0.265. The maximum Gasteiger partial charge on any atom is 0.293 e. The van der Waals surface area contributed by atoms with E-state index in [0.717, 1.165) is 31.7 Å². The first-order valence-corrected chi connectivity index (χ1v) is 9.16. The van der Waals surface area contributed by atoms with Gasteiger partial charge in [-0.2, -0.15) is 5.26 Å². The molecular weight excluding hydrogens is 332 g/mol. The smallest absolute Gasteiger partial charge is 0.293 e. The van der Waals surface area contributed by atoms with E-state index >= 15 is 0 Å². The summed E-state index contributed by atoms with van der Waals surface area (Å²) in [6, 6.07) is 5.91. The van der Waals surface area contributed by atoms with Gasteiger partial charge < -0.3 is 5.32 Å². The van der Waals surface area contributed by atoms with E-state index in [4.69, 9.17) is 10.4 Å². The second-order valence-electron chi connectivity index (χ2n) is 6.48. The van der Waals surface area contributed by atoms with Gasteiger partial charge in [-0.1, -0.05) is 0 Å². The standard InChI is InChI=1S/C15H20N4O4S/c1-15(10-16)6-4-11(5-7-15)9-18-13-3-2-12(24(17,22)23)8-14(13)19(20)21/h2-3,8,11,18H,4-7,9H2,1H3,(H2,17,22,23). The number of sulfonamides is 1. The summed E-state index contributed by atoms with van der Waals surface area (Å²) in [7, 11) is -3.99. The largest absolute Gasteiger partial charge is 0.379 e. The molecule has 2 rings (SSSR count). The molecule has 24 heavy (non-hydrogen) atoms. The molecule has 0 heterocycles. The molecule has 1 aromatic carbocycles. The summed E-state index contributed by atoms with van der Waals surface area (Å²) >= 11 is 0. The molecule has 3 N–H and O–H groups in total. The number of rotatable bonds is 5. The maximum atomic E-state index is 11.3. The van der Waals surface area contributed by atoms with Gasteiger partial charge in [0.25, 0.3) is 5.69 Å². The van der Waals surface area contributed by atoms with Gasteiger partial charge in [0.05, 0.1) is 21.3 Å². The van der Waals surface area contributed by atoms with Crippen LogP contribution in [0.2, 0.25) is 0 Å². The van der Waals surface area contributed by atoms with Gasteiger partial charge in [-0.25, -0.2) is 13.6 Å². The molecule has 130 valence electrons. The third kappa shape index (κ3) is 4.21. The van der Waals surface area contributed by atoms with Gasteiger partial charge >= 0.3 is 0 Å². The minimum Gasteiger partial charge on any atom is -0.379 e. The SMILES string of the molecule is CC1(C#N)CCC(CNc2ccc(S(N)(=O)=O)cc2[N+](=O)[O-])CC1. The predicted molar refractivity (Wildman–Crippen MR) is 88.6 cm³/mol. The molecular formula is C15H20N4O4S. The highest BCUT2D eigenvalue weighted by molar-refractivity contribution is 7.89. The minimum atomic E-state index is -3.99. The lowest BCUT2D eigenvalue weighted by atomic mass is 9.73. The summed E-state index contributed by atoms with van der Waals surface area (Å²) in [6.45, 7) is 2.49. The molecule has 1 aliphatic rings. The number of hydrogen-bond acceptors (Lipinski definition) is 6. The van der Waals surface area contributed by atoms with Crippen molar-refractivity contribution in [2.24, 2.45) is 16.5 Å². The van der Waals surface area contributed by atoms with E-state index in [1.807, 2.05) is 6.92 Å². The first-order valence-electron chi connectivity index (χ1n) is 7.61. The topological polar surface area (TPSA) is 139 Å². The highest BCUT2D eigenvalue weighted by Gasteiger charge is 2.31. The molecule has 1 aliphatic carbocycles. The van der Waals surface area contributed by atoms with Crippen LogP contribution in [0.4, 0.5) is 11.4 Å². The van der Waals surface area contributed by atoms with Crippen LogP contribution in [0.1, 0.15) is 32.6 Å². The molecule has 0 aromatic heterocycles. The predicted octanol–water partition coefficient (Wildman–Crippen LogP) is 2.37. The summed E-state index contributed by atoms with van der Waals surface area (Å²) in [4.78, 5) is 10.2. The normalized spacial score (nSPS) is 24.1. The van der Waals surface area contributed by atoms with Crippen LogP contribution in [-0.2, 0) is 10.0 Å². The Kier molecular flexibility index (Phi) is 5.11. The summed E-state index contributed by atoms with van der Waals surface area (Å²) in [5, 5.41) is 28.3. The Balaban J connectivity index is 2.08. The first-order chi connectivity index (χ1) is 11.1. The molecule has 1 saturated carbocycles. The number of hydrogen-bond donors (Lipinski definition) is 2. The Hall–Kier alpha value is -2.18. The Morgan fingerprint density at radius 1 is 1.46 bits per heavy atom. The number of anilines is 1. The second kappa shape index (κ2) is 6.75. The van der Waals surface area contributed by atoms with Crippen molar-refractivity contribution in [1.82, 2.24) is 0 Å². The highest BCUT2D eigenvalue weighted by atomic mass is 32.2. The quantitative estimate of drug-likeness (QED) is 0.616. The Morgan fingerprint density at radius 3 is 2.58 bits per heavy atom. The van der Waals surface area contributed by atoms with Crippen molar-refractivity contribution in [3.8, 4) is 6.07 Å². The van der Waals surface area contributed by atoms with Crippen LogP contribution < -0.4 is 10.5 Å². The number of nitro groups is 1. The average molecular weight is 352 g/mol. The van der Waals surface area contributed by atoms with Crippen LogP contribution in [-0.4, -0.2) is 19.9 Å². The molecule has 0 atom stereocenters. The molecule has 0 amide bonds. The number of nitrogens with one attached hydrogen (secondary N) is 1. The van der Waals surface area contributed by atoms with Crippen LogP contribution in [0.5, 0.6) is 0 Å². The van der Waals surface area contributed by atoms with Crippen molar-refractivity contribution in [3.05, 3.63) is 28.3 Å². The van der Waals surface area contributed by atoms with E-state index in [0.29, 0.717) is 12.5 Å². The van der Waals surface area contributed by atoms with Gasteiger partial charge in [-0.05, 0) is 50.7 Å². The fourth-order valence-corrected chi connectivity index (χ4v) is 3.41. The Morgan fingerprint density at radius 2 is 2.08 bits per heavy atom. The molecule has 0 radical (unpaired) electrons. The molecule has 0 saturated heterocycles. The van der Waals surface area contributed by atoms with Gasteiger partial charge in [0.2, 0.25) is 10.0 Å². The third-order valence-electron chi connectivity index (χ3n) is 4.55. The lowest BCUT2D eigenvalue weighted by Crippen LogP contribution is -2.26. The van der Waals surface area contributed by atoms with Gasteiger partial charge in [0.15, 0.2) is 0 Å². The molecule has 1 fully saturated rings. The Labute approximate surface area is 140 Å². The van der Waals surface area contributed by atoms with E-state index in [1.165, 1.54) is 12.1 Å². The van der Waals surface area contributed by atoms with E-state index in [1.54, 1.807) is 0 Å². The molecule has 0 spiro atoms. The zero-order valence-electron chi connectivity index (χ0n) is 13.4. The Bertz CT molecular complexity index is 777. The van der Waals surface area contributed by atoms with E-state index in [9.17, 15) is 18.5 Å². The number of benzene rings is 1. The van der Waals surface area contributed by atoms with Crippen LogP contribution in [0, 0.1) is 32.8 Å². The summed E-state index contributed by atoms with van der Waals surface area (Å²) in [5.74, 6) is 0.323. The van der Waals surface area contributed by atoms with Gasteiger partial charge in [0.1, 0.15) is 5.69 Å². The number of nitro benzene ring substituents is 1. The fraction of sp³-hybridized carbons (Fsp3) is 0.533. The number of nitriles is 1. The van der Waals surface area contributed by atoms with Crippen molar-refractivity contribution in [3.63, 3.8) is 0 Å². The molecule has 9 heteroatoms. The number of nitrogens with two attached hydrogens (primary N) is 1. The molecule has 1 aromatic rings. The summed E-state index contributed by atoms with van der Waals surface area (Å²) < 4.78 is 22.6. The zero-order chi connectivity index (χ0) is 18.0. The summed E-state index contributed by atoms with van der Waals surface area (Å²) in [6.07, 6.45) is 3.37. The second-order valence-corrected chi connectivity index (χ2v) is 8.04. The summed E-state index contributed by atoms with van der Waals surface area (Å²) in [5.41, 5.74) is -0.333. The number of nitrogens with zero attached hydrogens (tertiary/aromatic N) is 2. The highest BCUT2D eigenvalue weighted by Crippen LogP contribution is 2.38. The van der Waals surface area contributed by atoms with Crippen molar-refractivity contribution in [2.75, 3.05) is 11.9 Å². The van der Waals surface area contributed by atoms with Crippen molar-refractivity contribution in [2.45, 2.75) is 37.5 Å². The van der Waals surface area contributed by atoms with Crippen molar-refractivity contribution < 1.29 is 13.3 Å². The third-order valence-corrected chi connectivity index (χ3v) is 5.47. The molecule has 8 nitrogen and oxygen atoms in total. The monoisotopic (exact) mass is 352 g/mol.